The van der Waals surface area contributed by atoms with E-state index in [4.69, 9.17) is 9.47 Å². The third-order valence-electron chi connectivity index (χ3n) is 4.39. The van der Waals surface area contributed by atoms with E-state index in [0.29, 0.717) is 5.57 Å². The van der Waals surface area contributed by atoms with Gasteiger partial charge in [-0.2, -0.15) is 0 Å². The average Bonchev–Trinajstić information content (AvgIpc) is 2.51. The highest BCUT2D eigenvalue weighted by Gasteiger charge is 2.55. The summed E-state index contributed by atoms with van der Waals surface area (Å²) in [5, 5.41) is 0. The van der Waals surface area contributed by atoms with E-state index in [-0.39, 0.29) is 12.2 Å². The Bertz CT molecular complexity index is 634. The van der Waals surface area contributed by atoms with Crippen LogP contribution in [-0.4, -0.2) is 31.9 Å². The van der Waals surface area contributed by atoms with Gasteiger partial charge in [0, 0.05) is 5.41 Å². The Balaban J connectivity index is 2.61. The van der Waals surface area contributed by atoms with Crippen LogP contribution in [0, 0.1) is 10.8 Å². The number of ether oxygens (including phenoxy) is 2. The minimum Gasteiger partial charge on any atom is -0.468 e. The van der Waals surface area contributed by atoms with Crippen molar-refractivity contribution in [3.63, 3.8) is 0 Å². The predicted molar refractivity (Wildman–Crippen MR) is 79.7 cm³/mol. The first kappa shape index (κ1) is 15.9. The second-order valence-electron chi connectivity index (χ2n) is 5.52. The molecule has 1 spiro atoms. The summed E-state index contributed by atoms with van der Waals surface area (Å²) >= 11 is 0. The second-order valence-corrected chi connectivity index (χ2v) is 5.52. The van der Waals surface area contributed by atoms with E-state index in [0.717, 1.165) is 5.57 Å². The van der Waals surface area contributed by atoms with Crippen LogP contribution in [0.5, 0.6) is 0 Å². The zero-order chi connectivity index (χ0) is 16.5. The van der Waals surface area contributed by atoms with Gasteiger partial charge in [-0.15, -0.1) is 0 Å². The summed E-state index contributed by atoms with van der Waals surface area (Å²) in [4.78, 5) is 36.1. The van der Waals surface area contributed by atoms with Crippen LogP contribution >= 0.6 is 0 Å². The number of carbonyl (C=O) groups excluding carboxylic acids is 3. The molecule has 5 heteroatoms. The summed E-state index contributed by atoms with van der Waals surface area (Å²) in [6, 6.07) is 0. The fourth-order valence-corrected chi connectivity index (χ4v) is 3.04. The molecule has 1 atom stereocenters. The van der Waals surface area contributed by atoms with Crippen LogP contribution < -0.4 is 0 Å². The zero-order valence-electron chi connectivity index (χ0n) is 12.8. The van der Waals surface area contributed by atoms with Crippen LogP contribution in [0.2, 0.25) is 0 Å². The molecule has 0 saturated carbocycles. The Morgan fingerprint density at radius 2 is 1.73 bits per heavy atom. The quantitative estimate of drug-likeness (QED) is 0.575. The number of allylic oxidation sites excluding steroid dienone is 6. The SMILES string of the molecule is C=C1C=CC(C(=O)OC)(C(=O)OC)CC12C=CC(=O)C=C2C. The highest BCUT2D eigenvalue weighted by Crippen LogP contribution is 2.52. The van der Waals surface area contributed by atoms with Gasteiger partial charge >= 0.3 is 11.9 Å². The molecule has 2 aliphatic rings. The first-order valence-corrected chi connectivity index (χ1v) is 6.80. The standard InChI is InChI=1S/C17H18O5/c1-11-5-7-17(14(19)21-3,15(20)22-4)10-16(11)8-6-13(18)9-12(16)2/h5-9H,1,10H2,2-4H3. The number of hydrogen-bond acceptors (Lipinski definition) is 5. The molecule has 2 aliphatic carbocycles. The highest BCUT2D eigenvalue weighted by atomic mass is 16.5. The highest BCUT2D eigenvalue weighted by molar-refractivity contribution is 6.04. The molecule has 0 amide bonds. The van der Waals surface area contributed by atoms with Crippen molar-refractivity contribution < 1.29 is 23.9 Å². The predicted octanol–water partition coefficient (Wildman–Crippen LogP) is 1.91. The number of carbonyl (C=O) groups is 3. The van der Waals surface area contributed by atoms with E-state index >= 15 is 0 Å². The van der Waals surface area contributed by atoms with Crippen molar-refractivity contribution in [1.82, 2.24) is 0 Å². The number of ketones is 1. The fourth-order valence-electron chi connectivity index (χ4n) is 3.04. The molecule has 0 aromatic carbocycles. The summed E-state index contributed by atoms with van der Waals surface area (Å²) in [6.45, 7) is 5.79. The maximum atomic E-state index is 12.3. The average molecular weight is 302 g/mol. The summed E-state index contributed by atoms with van der Waals surface area (Å²) in [6.07, 6.45) is 7.78. The first-order chi connectivity index (χ1) is 10.3. The van der Waals surface area contributed by atoms with Gasteiger partial charge in [-0.05, 0) is 31.1 Å². The fraction of sp³-hybridized carbons (Fsp3) is 0.353. The van der Waals surface area contributed by atoms with Gasteiger partial charge in [-0.25, -0.2) is 0 Å². The van der Waals surface area contributed by atoms with Crippen molar-refractivity contribution in [2.75, 3.05) is 14.2 Å². The largest absolute Gasteiger partial charge is 0.468 e. The van der Waals surface area contributed by atoms with Crippen LogP contribution in [0.3, 0.4) is 0 Å². The van der Waals surface area contributed by atoms with Gasteiger partial charge in [0.05, 0.1) is 14.2 Å². The van der Waals surface area contributed by atoms with E-state index in [2.05, 4.69) is 6.58 Å². The molecule has 2 rings (SSSR count). The molecule has 0 radical (unpaired) electrons. The molecule has 5 nitrogen and oxygen atoms in total. The van der Waals surface area contributed by atoms with Crippen molar-refractivity contribution in [2.24, 2.45) is 10.8 Å². The number of hydrogen-bond donors (Lipinski definition) is 0. The van der Waals surface area contributed by atoms with E-state index in [9.17, 15) is 14.4 Å². The smallest absolute Gasteiger partial charge is 0.327 e. The maximum Gasteiger partial charge on any atom is 0.327 e. The topological polar surface area (TPSA) is 69.7 Å². The zero-order valence-corrected chi connectivity index (χ0v) is 12.8. The molecule has 0 aromatic rings. The molecule has 0 N–H and O–H groups in total. The van der Waals surface area contributed by atoms with Crippen molar-refractivity contribution in [3.8, 4) is 0 Å². The van der Waals surface area contributed by atoms with Crippen LogP contribution in [-0.2, 0) is 23.9 Å². The molecular formula is C17H18O5. The minimum atomic E-state index is -1.55. The molecule has 0 heterocycles. The van der Waals surface area contributed by atoms with Gasteiger partial charge in [-0.1, -0.05) is 30.4 Å². The molecule has 116 valence electrons. The van der Waals surface area contributed by atoms with E-state index in [1.54, 1.807) is 19.1 Å². The van der Waals surface area contributed by atoms with Crippen molar-refractivity contribution in [2.45, 2.75) is 13.3 Å². The summed E-state index contributed by atoms with van der Waals surface area (Å²) in [5.41, 5.74) is -0.893. The Hall–Kier alpha value is -2.43. The lowest BCUT2D eigenvalue weighted by atomic mass is 9.59. The summed E-state index contributed by atoms with van der Waals surface area (Å²) < 4.78 is 9.62. The maximum absolute atomic E-state index is 12.3. The molecule has 0 bridgehead atoms. The Kier molecular flexibility index (Phi) is 3.92. The molecule has 0 saturated heterocycles. The van der Waals surface area contributed by atoms with Crippen LogP contribution in [0.15, 0.2) is 48.1 Å². The van der Waals surface area contributed by atoms with Crippen LogP contribution in [0.1, 0.15) is 13.3 Å². The second kappa shape index (κ2) is 5.40. The first-order valence-electron chi connectivity index (χ1n) is 6.80. The van der Waals surface area contributed by atoms with Gasteiger partial charge in [-0.3, -0.25) is 14.4 Å². The van der Waals surface area contributed by atoms with Gasteiger partial charge < -0.3 is 9.47 Å². The normalized spacial score (nSPS) is 25.9. The van der Waals surface area contributed by atoms with Gasteiger partial charge in [0.15, 0.2) is 11.2 Å². The Morgan fingerprint density at radius 1 is 1.14 bits per heavy atom. The van der Waals surface area contributed by atoms with E-state index < -0.39 is 22.8 Å². The Morgan fingerprint density at radius 3 is 2.23 bits per heavy atom. The Labute approximate surface area is 129 Å². The summed E-state index contributed by atoms with van der Waals surface area (Å²) in [5.74, 6) is -1.52. The van der Waals surface area contributed by atoms with Crippen LogP contribution in [0.4, 0.5) is 0 Å². The lowest BCUT2D eigenvalue weighted by Gasteiger charge is -2.43. The monoisotopic (exact) mass is 302 g/mol. The molecule has 22 heavy (non-hydrogen) atoms. The number of methoxy groups -OCH3 is 2. The van der Waals surface area contributed by atoms with Crippen molar-refractivity contribution in [3.05, 3.63) is 48.1 Å². The van der Waals surface area contributed by atoms with Crippen LogP contribution in [0.25, 0.3) is 0 Å². The van der Waals surface area contributed by atoms with Crippen molar-refractivity contribution in [1.29, 1.82) is 0 Å². The summed E-state index contributed by atoms with van der Waals surface area (Å²) in [7, 11) is 2.44. The van der Waals surface area contributed by atoms with E-state index in [1.165, 1.54) is 32.4 Å². The molecule has 0 aromatic heterocycles. The molecule has 1 unspecified atom stereocenters. The molecule has 0 aliphatic heterocycles. The third-order valence-corrected chi connectivity index (χ3v) is 4.39. The van der Waals surface area contributed by atoms with Crippen molar-refractivity contribution >= 4 is 17.7 Å². The number of esters is 2. The van der Waals surface area contributed by atoms with Gasteiger partial charge in [0.1, 0.15) is 0 Å². The molecule has 0 fully saturated rings. The molecular weight excluding hydrogens is 284 g/mol. The van der Waals surface area contributed by atoms with Gasteiger partial charge in [0.25, 0.3) is 0 Å². The lowest BCUT2D eigenvalue weighted by molar-refractivity contribution is -0.166. The lowest BCUT2D eigenvalue weighted by Crippen LogP contribution is -2.47. The minimum absolute atomic E-state index is 0.0841. The number of rotatable bonds is 2. The van der Waals surface area contributed by atoms with Gasteiger partial charge in [0.2, 0.25) is 0 Å². The van der Waals surface area contributed by atoms with E-state index in [1.807, 2.05) is 0 Å². The third kappa shape index (κ3) is 2.13.